The van der Waals surface area contributed by atoms with Crippen LogP contribution in [-0.4, -0.2) is 38.4 Å². The van der Waals surface area contributed by atoms with Gasteiger partial charge in [0.2, 0.25) is 0 Å². The Bertz CT molecular complexity index is 1570. The van der Waals surface area contributed by atoms with E-state index >= 15 is 0 Å². The van der Waals surface area contributed by atoms with E-state index in [9.17, 15) is 14.7 Å². The number of aliphatic carboxylic acids is 1. The third-order valence-corrected chi connectivity index (χ3v) is 8.14. The number of carbonyl (C=O) groups excluding carboxylic acids is 1. The van der Waals surface area contributed by atoms with Gasteiger partial charge in [0.05, 0.1) is 27.6 Å². The van der Waals surface area contributed by atoms with E-state index in [1.165, 1.54) is 10.6 Å². The number of aliphatic hydroxyl groups excluding tert-OH is 1. The maximum Gasteiger partial charge on any atom is 0.328 e. The summed E-state index contributed by atoms with van der Waals surface area (Å²) in [5.41, 5.74) is 2.14. The average molecular weight is 651 g/mol. The molecule has 0 amide bonds. The van der Waals surface area contributed by atoms with Crippen LogP contribution in [0.1, 0.15) is 46.5 Å². The van der Waals surface area contributed by atoms with Crippen molar-refractivity contribution in [1.82, 2.24) is 9.72 Å². The second-order valence-electron chi connectivity index (χ2n) is 9.17. The molecule has 2 aromatic heterocycles. The van der Waals surface area contributed by atoms with Crippen molar-refractivity contribution in [3.63, 3.8) is 0 Å². The summed E-state index contributed by atoms with van der Waals surface area (Å²) in [6, 6.07) is 8.80. The molecule has 2 aromatic carbocycles. The van der Waals surface area contributed by atoms with Crippen LogP contribution in [0.15, 0.2) is 47.1 Å². The second-order valence-corrected chi connectivity index (χ2v) is 11.2. The number of nitrogens with zero attached hydrogens (tertiary/aromatic N) is 2. The molecule has 1 aliphatic carbocycles. The SMILES string of the molecule is Cc1cn(C(=O)c2c(-c3c(Cl)cc(I)cc3Cl)noc2C2(CO)CCC2)c2cccc(/C=C/C(=O)O)c12. The number of aliphatic hydroxyl groups is 1. The number of benzene rings is 2. The number of carbonyl (C=O) groups is 2. The highest BCUT2D eigenvalue weighted by atomic mass is 127. The molecule has 1 fully saturated rings. The Labute approximate surface area is 235 Å². The Morgan fingerprint density at radius 1 is 1.24 bits per heavy atom. The maximum atomic E-state index is 14.3. The van der Waals surface area contributed by atoms with Crippen molar-refractivity contribution in [2.24, 2.45) is 0 Å². The first-order chi connectivity index (χ1) is 17.7. The second kappa shape index (κ2) is 9.90. The summed E-state index contributed by atoms with van der Waals surface area (Å²) in [6.07, 6.45) is 6.47. The number of aromatic nitrogens is 2. The molecule has 0 spiro atoms. The van der Waals surface area contributed by atoms with Gasteiger partial charge < -0.3 is 14.7 Å². The molecule has 37 heavy (non-hydrogen) atoms. The molecule has 0 atom stereocenters. The minimum absolute atomic E-state index is 0.189. The predicted octanol–water partition coefficient (Wildman–Crippen LogP) is 6.72. The van der Waals surface area contributed by atoms with Crippen LogP contribution in [0.3, 0.4) is 0 Å². The number of hydrogen-bond donors (Lipinski definition) is 2. The topological polar surface area (TPSA) is 106 Å². The molecule has 7 nitrogen and oxygen atoms in total. The molecule has 5 rings (SSSR count). The molecule has 0 bridgehead atoms. The minimum atomic E-state index is -1.06. The normalized spacial score (nSPS) is 14.8. The molecule has 0 saturated heterocycles. The van der Waals surface area contributed by atoms with Gasteiger partial charge in [-0.2, -0.15) is 0 Å². The lowest BCUT2D eigenvalue weighted by molar-refractivity contribution is -0.131. The fraction of sp³-hybridized carbons (Fsp3) is 0.222. The van der Waals surface area contributed by atoms with Crippen molar-refractivity contribution in [2.75, 3.05) is 6.61 Å². The number of carboxylic acid groups (broad SMARTS) is 1. The van der Waals surface area contributed by atoms with Gasteiger partial charge in [0.25, 0.3) is 5.91 Å². The Kier molecular flexibility index (Phi) is 6.95. The molecule has 1 aliphatic rings. The Balaban J connectivity index is 1.75. The zero-order valence-corrected chi connectivity index (χ0v) is 23.3. The summed E-state index contributed by atoms with van der Waals surface area (Å²) in [5, 5.41) is 25.0. The van der Waals surface area contributed by atoms with E-state index in [-0.39, 0.29) is 17.9 Å². The Hall–Kier alpha value is -2.66. The van der Waals surface area contributed by atoms with Crippen LogP contribution in [0.2, 0.25) is 10.0 Å². The van der Waals surface area contributed by atoms with E-state index in [4.69, 9.17) is 32.8 Å². The van der Waals surface area contributed by atoms with Crippen LogP contribution < -0.4 is 0 Å². The van der Waals surface area contributed by atoms with Crippen molar-refractivity contribution >= 4 is 74.6 Å². The fourth-order valence-electron chi connectivity index (χ4n) is 4.95. The van der Waals surface area contributed by atoms with Crippen molar-refractivity contribution < 1.29 is 24.3 Å². The van der Waals surface area contributed by atoms with Gasteiger partial charge in [-0.15, -0.1) is 0 Å². The van der Waals surface area contributed by atoms with Crippen molar-refractivity contribution in [3.8, 4) is 11.3 Å². The Morgan fingerprint density at radius 3 is 2.54 bits per heavy atom. The summed E-state index contributed by atoms with van der Waals surface area (Å²) in [6.45, 7) is 1.67. The molecule has 4 aromatic rings. The third-order valence-electron chi connectivity index (χ3n) is 6.92. The molecule has 190 valence electrons. The summed E-state index contributed by atoms with van der Waals surface area (Å²) in [4.78, 5) is 25.4. The first-order valence-electron chi connectivity index (χ1n) is 11.5. The third kappa shape index (κ3) is 4.39. The van der Waals surface area contributed by atoms with Gasteiger partial charge >= 0.3 is 5.97 Å². The number of aryl methyl sites for hydroxylation is 1. The molecular weight excluding hydrogens is 630 g/mol. The van der Waals surface area contributed by atoms with Crippen molar-refractivity contribution in [3.05, 3.63) is 78.7 Å². The van der Waals surface area contributed by atoms with Crippen LogP contribution in [-0.2, 0) is 10.2 Å². The number of halogens is 3. The lowest BCUT2D eigenvalue weighted by Gasteiger charge is -2.38. The zero-order chi connectivity index (χ0) is 26.5. The fourth-order valence-corrected chi connectivity index (χ4v) is 6.61. The van der Waals surface area contributed by atoms with E-state index in [2.05, 4.69) is 27.7 Å². The standard InChI is InChI=1S/C27H21Cl2IN2O5/c1-14-12-32(19-5-2-4-15(21(14)19)6-7-20(34)35)26(36)23-24(22-17(28)10-16(30)11-18(22)29)31-37-25(23)27(13-33)8-3-9-27/h2,4-7,10-12,33H,3,8-9,13H2,1H3,(H,34,35)/b7-6+. The molecule has 0 unspecified atom stereocenters. The lowest BCUT2D eigenvalue weighted by atomic mass is 9.66. The van der Waals surface area contributed by atoms with Gasteiger partial charge in [0, 0.05) is 26.8 Å². The van der Waals surface area contributed by atoms with Crippen LogP contribution in [0.5, 0.6) is 0 Å². The minimum Gasteiger partial charge on any atom is -0.478 e. The summed E-state index contributed by atoms with van der Waals surface area (Å²) < 4.78 is 8.13. The average Bonchev–Trinajstić information content (AvgIpc) is 3.39. The van der Waals surface area contributed by atoms with Gasteiger partial charge in [-0.05, 0) is 77.8 Å². The van der Waals surface area contributed by atoms with E-state index < -0.39 is 17.3 Å². The largest absolute Gasteiger partial charge is 0.478 e. The summed E-state index contributed by atoms with van der Waals surface area (Å²) in [5.74, 6) is -1.16. The van der Waals surface area contributed by atoms with E-state index in [1.807, 2.05) is 6.92 Å². The van der Waals surface area contributed by atoms with Crippen molar-refractivity contribution in [1.29, 1.82) is 0 Å². The van der Waals surface area contributed by atoms with Crippen LogP contribution >= 0.6 is 45.8 Å². The molecule has 1 saturated carbocycles. The number of carboxylic acids is 1. The predicted molar refractivity (Wildman–Crippen MR) is 150 cm³/mol. The molecule has 10 heteroatoms. The maximum absolute atomic E-state index is 14.3. The lowest BCUT2D eigenvalue weighted by Crippen LogP contribution is -2.39. The molecule has 0 aliphatic heterocycles. The quantitative estimate of drug-likeness (QED) is 0.177. The number of rotatable bonds is 6. The molecular formula is C27H21Cl2IN2O5. The highest BCUT2D eigenvalue weighted by molar-refractivity contribution is 14.1. The van der Waals surface area contributed by atoms with E-state index in [1.54, 1.807) is 36.5 Å². The molecule has 0 radical (unpaired) electrons. The van der Waals surface area contributed by atoms with E-state index in [0.717, 1.165) is 27.0 Å². The summed E-state index contributed by atoms with van der Waals surface area (Å²) in [7, 11) is 0. The molecule has 2 N–H and O–H groups in total. The zero-order valence-electron chi connectivity index (χ0n) is 19.6. The highest BCUT2D eigenvalue weighted by Gasteiger charge is 2.46. The number of fused-ring (bicyclic) bond motifs is 1. The number of hydrogen-bond acceptors (Lipinski definition) is 5. The van der Waals surface area contributed by atoms with Gasteiger partial charge in [-0.25, -0.2) is 4.79 Å². The first-order valence-corrected chi connectivity index (χ1v) is 13.3. The highest BCUT2D eigenvalue weighted by Crippen LogP contribution is 2.48. The molecule has 2 heterocycles. The van der Waals surface area contributed by atoms with Gasteiger partial charge in [-0.3, -0.25) is 9.36 Å². The van der Waals surface area contributed by atoms with Gasteiger partial charge in [-0.1, -0.05) is 46.9 Å². The van der Waals surface area contributed by atoms with Crippen LogP contribution in [0.25, 0.3) is 28.2 Å². The summed E-state index contributed by atoms with van der Waals surface area (Å²) >= 11 is 15.3. The monoisotopic (exact) mass is 650 g/mol. The van der Waals surface area contributed by atoms with Crippen LogP contribution in [0.4, 0.5) is 0 Å². The Morgan fingerprint density at radius 2 is 1.95 bits per heavy atom. The smallest absolute Gasteiger partial charge is 0.328 e. The van der Waals surface area contributed by atoms with Gasteiger partial charge in [0.1, 0.15) is 11.3 Å². The first kappa shape index (κ1) is 26.0. The van der Waals surface area contributed by atoms with Crippen molar-refractivity contribution in [2.45, 2.75) is 31.6 Å². The van der Waals surface area contributed by atoms with Gasteiger partial charge in [0.15, 0.2) is 5.76 Å². The van der Waals surface area contributed by atoms with Crippen LogP contribution in [0, 0.1) is 10.5 Å². The van der Waals surface area contributed by atoms with E-state index in [0.29, 0.717) is 45.3 Å².